The van der Waals surface area contributed by atoms with Crippen LogP contribution >= 0.6 is 0 Å². The molecule has 4 nitrogen and oxygen atoms in total. The van der Waals surface area contributed by atoms with Gasteiger partial charge < -0.3 is 10.5 Å². The zero-order valence-corrected chi connectivity index (χ0v) is 9.02. The minimum absolute atomic E-state index is 0.0244. The maximum absolute atomic E-state index is 13.3. The summed E-state index contributed by atoms with van der Waals surface area (Å²) in [6.07, 6.45) is 1.29. The van der Waals surface area contributed by atoms with E-state index < -0.39 is 11.6 Å². The summed E-state index contributed by atoms with van der Waals surface area (Å²) in [6.45, 7) is 0. The lowest BCUT2D eigenvalue weighted by atomic mass is 10.2. The molecule has 2 rings (SSSR count). The number of anilines is 1. The van der Waals surface area contributed by atoms with E-state index in [0.717, 1.165) is 18.2 Å². The number of rotatable bonds is 2. The van der Waals surface area contributed by atoms with Crippen LogP contribution in [0.25, 0.3) is 0 Å². The number of halogens is 2. The molecule has 0 aliphatic rings. The molecule has 2 aromatic rings. The summed E-state index contributed by atoms with van der Waals surface area (Å²) >= 11 is 0. The van der Waals surface area contributed by atoms with E-state index in [1.165, 1.54) is 12.3 Å². The quantitative estimate of drug-likeness (QED) is 0.885. The number of nitrogen functional groups attached to an aromatic ring is 1. The molecule has 0 unspecified atom stereocenters. The lowest BCUT2D eigenvalue weighted by Gasteiger charge is -2.08. The van der Waals surface area contributed by atoms with Crippen molar-refractivity contribution < 1.29 is 13.5 Å². The standard InChI is InChI=1S/C12H7F2N3O/c13-8-1-2-9(14)10(5-8)18-12-11(16)7(6-15)3-4-17-12/h1-5H,16H2. The van der Waals surface area contributed by atoms with Crippen LogP contribution in [0.4, 0.5) is 14.5 Å². The second kappa shape index (κ2) is 4.67. The maximum Gasteiger partial charge on any atom is 0.244 e. The van der Waals surface area contributed by atoms with E-state index in [1.807, 2.05) is 6.07 Å². The number of hydrogen-bond acceptors (Lipinski definition) is 4. The van der Waals surface area contributed by atoms with Gasteiger partial charge in [-0.1, -0.05) is 0 Å². The van der Waals surface area contributed by atoms with Crippen LogP contribution in [-0.4, -0.2) is 4.98 Å². The van der Waals surface area contributed by atoms with Crippen LogP contribution in [0.2, 0.25) is 0 Å². The molecule has 18 heavy (non-hydrogen) atoms. The highest BCUT2D eigenvalue weighted by Crippen LogP contribution is 2.29. The Morgan fingerprint density at radius 3 is 2.78 bits per heavy atom. The van der Waals surface area contributed by atoms with Gasteiger partial charge in [-0.2, -0.15) is 5.26 Å². The summed E-state index contributed by atoms with van der Waals surface area (Å²) in [6, 6.07) is 5.99. The third kappa shape index (κ3) is 2.20. The molecule has 0 atom stereocenters. The summed E-state index contributed by atoms with van der Waals surface area (Å²) in [4.78, 5) is 3.77. The number of hydrogen-bond donors (Lipinski definition) is 1. The van der Waals surface area contributed by atoms with Gasteiger partial charge in [0.2, 0.25) is 5.88 Å². The van der Waals surface area contributed by atoms with Crippen molar-refractivity contribution in [3.63, 3.8) is 0 Å². The van der Waals surface area contributed by atoms with Gasteiger partial charge in [0.1, 0.15) is 17.6 Å². The summed E-state index contributed by atoms with van der Waals surface area (Å²) in [7, 11) is 0. The Morgan fingerprint density at radius 2 is 2.06 bits per heavy atom. The highest BCUT2D eigenvalue weighted by atomic mass is 19.1. The average Bonchev–Trinajstić information content (AvgIpc) is 2.36. The predicted molar refractivity (Wildman–Crippen MR) is 59.8 cm³/mol. The van der Waals surface area contributed by atoms with E-state index in [-0.39, 0.29) is 22.9 Å². The first-order valence-corrected chi connectivity index (χ1v) is 4.89. The Bertz CT molecular complexity index is 638. The van der Waals surface area contributed by atoms with Gasteiger partial charge in [0, 0.05) is 12.3 Å². The molecule has 0 radical (unpaired) electrons. The lowest BCUT2D eigenvalue weighted by molar-refractivity contribution is 0.424. The van der Waals surface area contributed by atoms with E-state index in [1.54, 1.807) is 0 Å². The number of pyridine rings is 1. The molecule has 0 fully saturated rings. The molecule has 6 heteroatoms. The first-order chi connectivity index (χ1) is 8.61. The first-order valence-electron chi connectivity index (χ1n) is 4.89. The smallest absolute Gasteiger partial charge is 0.244 e. The fourth-order valence-corrected chi connectivity index (χ4v) is 1.29. The van der Waals surface area contributed by atoms with Crippen molar-refractivity contribution in [1.29, 1.82) is 5.26 Å². The number of aromatic nitrogens is 1. The highest BCUT2D eigenvalue weighted by Gasteiger charge is 2.12. The van der Waals surface area contributed by atoms with Gasteiger partial charge in [-0.05, 0) is 18.2 Å². The summed E-state index contributed by atoms with van der Waals surface area (Å²) in [5, 5.41) is 8.76. The van der Waals surface area contributed by atoms with Crippen molar-refractivity contribution in [2.24, 2.45) is 0 Å². The van der Waals surface area contributed by atoms with Gasteiger partial charge in [-0.25, -0.2) is 13.8 Å². The topological polar surface area (TPSA) is 71.9 Å². The van der Waals surface area contributed by atoms with Crippen molar-refractivity contribution in [2.75, 3.05) is 5.73 Å². The van der Waals surface area contributed by atoms with Gasteiger partial charge in [0.05, 0.1) is 5.56 Å². The number of benzene rings is 1. The van der Waals surface area contributed by atoms with E-state index in [9.17, 15) is 8.78 Å². The zero-order chi connectivity index (χ0) is 13.1. The molecule has 1 heterocycles. The second-order valence-electron chi connectivity index (χ2n) is 3.37. The molecule has 90 valence electrons. The van der Waals surface area contributed by atoms with Crippen molar-refractivity contribution in [2.45, 2.75) is 0 Å². The molecule has 0 spiro atoms. The number of nitriles is 1. The highest BCUT2D eigenvalue weighted by molar-refractivity contribution is 5.60. The molecular formula is C12H7F2N3O. The maximum atomic E-state index is 13.3. The minimum atomic E-state index is -0.750. The van der Waals surface area contributed by atoms with Gasteiger partial charge in [-0.15, -0.1) is 0 Å². The second-order valence-corrected chi connectivity index (χ2v) is 3.37. The SMILES string of the molecule is N#Cc1ccnc(Oc2cc(F)ccc2F)c1N. The van der Waals surface area contributed by atoms with Crippen molar-refractivity contribution in [3.8, 4) is 17.7 Å². The fourth-order valence-electron chi connectivity index (χ4n) is 1.29. The van der Waals surface area contributed by atoms with Crippen LogP contribution in [0.15, 0.2) is 30.5 Å². The number of nitrogens with two attached hydrogens (primary N) is 1. The van der Waals surface area contributed by atoms with E-state index in [0.29, 0.717) is 0 Å². The van der Waals surface area contributed by atoms with E-state index in [4.69, 9.17) is 15.7 Å². The van der Waals surface area contributed by atoms with Crippen molar-refractivity contribution in [1.82, 2.24) is 4.98 Å². The third-order valence-corrected chi connectivity index (χ3v) is 2.17. The Labute approximate surface area is 101 Å². The molecule has 0 saturated carbocycles. The van der Waals surface area contributed by atoms with E-state index >= 15 is 0 Å². The van der Waals surface area contributed by atoms with E-state index in [2.05, 4.69) is 4.98 Å². The minimum Gasteiger partial charge on any atom is -0.434 e. The van der Waals surface area contributed by atoms with Crippen molar-refractivity contribution in [3.05, 3.63) is 47.7 Å². The Balaban J connectivity index is 2.41. The Hall–Kier alpha value is -2.68. The molecule has 0 aliphatic heterocycles. The van der Waals surface area contributed by atoms with Gasteiger partial charge >= 0.3 is 0 Å². The largest absolute Gasteiger partial charge is 0.434 e. The molecule has 0 saturated heterocycles. The third-order valence-electron chi connectivity index (χ3n) is 2.17. The van der Waals surface area contributed by atoms with Crippen LogP contribution in [0.1, 0.15) is 5.56 Å². The normalized spacial score (nSPS) is 9.83. The molecular weight excluding hydrogens is 240 g/mol. The summed E-state index contributed by atoms with van der Waals surface area (Å²) < 4.78 is 31.4. The lowest BCUT2D eigenvalue weighted by Crippen LogP contribution is -1.99. The molecule has 0 amide bonds. The summed E-state index contributed by atoms with van der Waals surface area (Å²) in [5.74, 6) is -1.88. The monoisotopic (exact) mass is 247 g/mol. The van der Waals surface area contributed by atoms with Crippen LogP contribution < -0.4 is 10.5 Å². The van der Waals surface area contributed by atoms with Crippen LogP contribution in [0.5, 0.6) is 11.6 Å². The number of ether oxygens (including phenoxy) is 1. The summed E-state index contributed by atoms with van der Waals surface area (Å²) in [5.41, 5.74) is 5.73. The zero-order valence-electron chi connectivity index (χ0n) is 9.02. The van der Waals surface area contributed by atoms with Crippen LogP contribution in [0.3, 0.4) is 0 Å². The molecule has 2 N–H and O–H groups in total. The fraction of sp³-hybridized carbons (Fsp3) is 0. The molecule has 0 bridgehead atoms. The predicted octanol–water partition coefficient (Wildman–Crippen LogP) is 2.61. The number of nitrogens with zero attached hydrogens (tertiary/aromatic N) is 2. The van der Waals surface area contributed by atoms with Crippen LogP contribution in [-0.2, 0) is 0 Å². The van der Waals surface area contributed by atoms with Gasteiger partial charge in [0.15, 0.2) is 11.6 Å². The molecule has 0 aliphatic carbocycles. The Morgan fingerprint density at radius 1 is 1.28 bits per heavy atom. The Kier molecular flexibility index (Phi) is 3.06. The van der Waals surface area contributed by atoms with Gasteiger partial charge in [0.25, 0.3) is 0 Å². The first kappa shape index (κ1) is 11.8. The van der Waals surface area contributed by atoms with Crippen molar-refractivity contribution >= 4 is 5.69 Å². The van der Waals surface area contributed by atoms with Gasteiger partial charge in [-0.3, -0.25) is 0 Å². The average molecular weight is 247 g/mol. The molecule has 1 aromatic carbocycles. The van der Waals surface area contributed by atoms with Crippen LogP contribution in [0, 0.1) is 23.0 Å². The molecule has 1 aromatic heterocycles.